The van der Waals surface area contributed by atoms with Gasteiger partial charge in [0.2, 0.25) is 0 Å². The van der Waals surface area contributed by atoms with E-state index in [0.29, 0.717) is 17.4 Å². The Labute approximate surface area is 115 Å². The number of ether oxygens (including phenoxy) is 1. The molecule has 1 aromatic heterocycles. The molecule has 100 valence electrons. The number of nitrogens with zero attached hydrogens (tertiary/aromatic N) is 1. The number of morpholine rings is 1. The van der Waals surface area contributed by atoms with Crippen molar-refractivity contribution in [2.75, 3.05) is 25.5 Å². The summed E-state index contributed by atoms with van der Waals surface area (Å²) in [5.74, 6) is 0.609. The number of oxazole rings is 1. The third-order valence-electron chi connectivity index (χ3n) is 3.05. The fourth-order valence-electron chi connectivity index (χ4n) is 2.16. The Morgan fingerprint density at radius 3 is 2.95 bits per heavy atom. The van der Waals surface area contributed by atoms with Crippen molar-refractivity contribution in [3.63, 3.8) is 0 Å². The van der Waals surface area contributed by atoms with Gasteiger partial charge in [-0.1, -0.05) is 11.6 Å². The van der Waals surface area contributed by atoms with Gasteiger partial charge in [-0.25, -0.2) is 4.98 Å². The number of hydrogen-bond acceptors (Lipinski definition) is 5. The number of halogens is 1. The number of nitrogens with one attached hydrogen (secondary N) is 1. The first-order chi connectivity index (χ1) is 9.22. The second-order valence-corrected chi connectivity index (χ2v) is 4.85. The van der Waals surface area contributed by atoms with E-state index in [9.17, 15) is 0 Å². The van der Waals surface area contributed by atoms with Gasteiger partial charge in [0.25, 0.3) is 6.01 Å². The average Bonchev–Trinajstić information content (AvgIpc) is 2.86. The molecule has 1 fully saturated rings. The molecular formula is C13H14ClN3O2. The first-order valence-electron chi connectivity index (χ1n) is 6.05. The van der Waals surface area contributed by atoms with Gasteiger partial charge < -0.3 is 20.2 Å². The molecule has 0 saturated carbocycles. The van der Waals surface area contributed by atoms with Crippen molar-refractivity contribution >= 4 is 17.6 Å². The summed E-state index contributed by atoms with van der Waals surface area (Å²) in [6.07, 6.45) is 1.59. The average molecular weight is 280 g/mol. The number of nitrogen functional groups attached to an aromatic ring is 1. The lowest BCUT2D eigenvalue weighted by Gasteiger charge is -2.24. The fourth-order valence-corrected chi connectivity index (χ4v) is 2.40. The molecule has 1 aromatic carbocycles. The van der Waals surface area contributed by atoms with Crippen LogP contribution in [-0.4, -0.2) is 24.7 Å². The molecule has 1 atom stereocenters. The highest BCUT2D eigenvalue weighted by Crippen LogP contribution is 2.29. The second kappa shape index (κ2) is 5.21. The third kappa shape index (κ3) is 2.73. The molecule has 0 spiro atoms. The summed E-state index contributed by atoms with van der Waals surface area (Å²) in [5, 5.41) is 4.04. The number of hydrogen-bond donors (Lipinski definition) is 2. The Balaban J connectivity index is 1.95. The lowest BCUT2D eigenvalue weighted by atomic mass is 10.0. The number of nitrogens with two attached hydrogens (primary N) is 1. The van der Waals surface area contributed by atoms with E-state index in [1.807, 2.05) is 18.2 Å². The van der Waals surface area contributed by atoms with Crippen molar-refractivity contribution in [1.29, 1.82) is 0 Å². The van der Waals surface area contributed by atoms with Crippen molar-refractivity contribution in [1.82, 2.24) is 10.3 Å². The standard InChI is InChI=1S/C13H14ClN3O2/c14-10-4-8(11-7-18-2-1-16-11)3-9(5-10)12-6-17-13(15)19-12/h3-6,11,16H,1-2,7H2,(H2,15,17). The summed E-state index contributed by atoms with van der Waals surface area (Å²) in [5.41, 5.74) is 7.42. The van der Waals surface area contributed by atoms with Crippen LogP contribution in [0.25, 0.3) is 11.3 Å². The zero-order chi connectivity index (χ0) is 13.2. The second-order valence-electron chi connectivity index (χ2n) is 4.42. The monoisotopic (exact) mass is 279 g/mol. The topological polar surface area (TPSA) is 73.3 Å². The predicted octanol–water partition coefficient (Wildman–Crippen LogP) is 2.24. The molecule has 6 heteroatoms. The zero-order valence-electron chi connectivity index (χ0n) is 10.2. The molecule has 0 bridgehead atoms. The number of anilines is 1. The van der Waals surface area contributed by atoms with Crippen LogP contribution in [0.5, 0.6) is 0 Å². The Kier molecular flexibility index (Phi) is 3.42. The van der Waals surface area contributed by atoms with Gasteiger partial charge in [-0.3, -0.25) is 0 Å². The van der Waals surface area contributed by atoms with E-state index in [1.54, 1.807) is 6.20 Å². The van der Waals surface area contributed by atoms with Gasteiger partial charge in [-0.2, -0.15) is 0 Å². The van der Waals surface area contributed by atoms with Gasteiger partial charge in [-0.05, 0) is 23.8 Å². The van der Waals surface area contributed by atoms with E-state index in [4.69, 9.17) is 26.5 Å². The number of rotatable bonds is 2. The van der Waals surface area contributed by atoms with Gasteiger partial charge in [0.1, 0.15) is 0 Å². The smallest absolute Gasteiger partial charge is 0.292 e. The Morgan fingerprint density at radius 1 is 1.37 bits per heavy atom. The van der Waals surface area contributed by atoms with Gasteiger partial charge in [0, 0.05) is 17.1 Å². The molecule has 3 N–H and O–H groups in total. The van der Waals surface area contributed by atoms with E-state index in [0.717, 1.165) is 24.3 Å². The Bertz CT molecular complexity index is 579. The molecule has 0 radical (unpaired) electrons. The normalized spacial score (nSPS) is 19.5. The molecule has 2 heterocycles. The van der Waals surface area contributed by atoms with Crippen LogP contribution in [0.3, 0.4) is 0 Å². The van der Waals surface area contributed by atoms with E-state index >= 15 is 0 Å². The van der Waals surface area contributed by atoms with Crippen LogP contribution < -0.4 is 11.1 Å². The zero-order valence-corrected chi connectivity index (χ0v) is 11.0. The van der Waals surface area contributed by atoms with Gasteiger partial charge in [0.05, 0.1) is 25.5 Å². The van der Waals surface area contributed by atoms with Gasteiger partial charge >= 0.3 is 0 Å². The number of benzene rings is 1. The lowest BCUT2D eigenvalue weighted by Crippen LogP contribution is -2.34. The summed E-state index contributed by atoms with van der Waals surface area (Å²) in [4.78, 5) is 3.89. The predicted molar refractivity (Wildman–Crippen MR) is 72.9 cm³/mol. The SMILES string of the molecule is Nc1ncc(-c2cc(Cl)cc(C3COCCN3)c2)o1. The molecule has 1 aliphatic rings. The highest BCUT2D eigenvalue weighted by atomic mass is 35.5. The molecule has 1 saturated heterocycles. The maximum atomic E-state index is 6.16. The molecule has 5 nitrogen and oxygen atoms in total. The molecule has 19 heavy (non-hydrogen) atoms. The quantitative estimate of drug-likeness (QED) is 0.882. The highest BCUT2D eigenvalue weighted by molar-refractivity contribution is 6.30. The van der Waals surface area contributed by atoms with Crippen LogP contribution in [0.4, 0.5) is 6.01 Å². The van der Waals surface area contributed by atoms with E-state index < -0.39 is 0 Å². The van der Waals surface area contributed by atoms with Crippen LogP contribution in [0.15, 0.2) is 28.8 Å². The molecule has 3 rings (SSSR count). The molecule has 1 aliphatic heterocycles. The minimum atomic E-state index is 0.145. The molecular weight excluding hydrogens is 266 g/mol. The highest BCUT2D eigenvalue weighted by Gasteiger charge is 2.17. The van der Waals surface area contributed by atoms with Crippen LogP contribution >= 0.6 is 11.6 Å². The number of aromatic nitrogens is 1. The van der Waals surface area contributed by atoms with Crippen molar-refractivity contribution < 1.29 is 9.15 Å². The Morgan fingerprint density at radius 2 is 2.26 bits per heavy atom. The van der Waals surface area contributed by atoms with Crippen molar-refractivity contribution in [3.05, 3.63) is 35.0 Å². The lowest BCUT2D eigenvalue weighted by molar-refractivity contribution is 0.0769. The summed E-state index contributed by atoms with van der Waals surface area (Å²) in [6.45, 7) is 2.21. The molecule has 2 aromatic rings. The summed E-state index contributed by atoms with van der Waals surface area (Å²) >= 11 is 6.16. The van der Waals surface area contributed by atoms with E-state index in [-0.39, 0.29) is 12.1 Å². The van der Waals surface area contributed by atoms with Crippen LogP contribution in [-0.2, 0) is 4.74 Å². The fraction of sp³-hybridized carbons (Fsp3) is 0.308. The summed E-state index contributed by atoms with van der Waals surface area (Å²) in [6, 6.07) is 6.06. The summed E-state index contributed by atoms with van der Waals surface area (Å²) in [7, 11) is 0. The van der Waals surface area contributed by atoms with Gasteiger partial charge in [0.15, 0.2) is 5.76 Å². The summed E-state index contributed by atoms with van der Waals surface area (Å²) < 4.78 is 10.8. The minimum Gasteiger partial charge on any atom is -0.424 e. The first-order valence-corrected chi connectivity index (χ1v) is 6.43. The largest absolute Gasteiger partial charge is 0.424 e. The van der Waals surface area contributed by atoms with E-state index in [1.165, 1.54) is 0 Å². The van der Waals surface area contributed by atoms with Crippen molar-refractivity contribution in [3.8, 4) is 11.3 Å². The minimum absolute atomic E-state index is 0.145. The van der Waals surface area contributed by atoms with Crippen molar-refractivity contribution in [2.24, 2.45) is 0 Å². The molecule has 1 unspecified atom stereocenters. The Hall–Kier alpha value is -1.56. The van der Waals surface area contributed by atoms with E-state index in [2.05, 4.69) is 10.3 Å². The maximum Gasteiger partial charge on any atom is 0.292 e. The third-order valence-corrected chi connectivity index (χ3v) is 3.27. The van der Waals surface area contributed by atoms with Crippen LogP contribution in [0, 0.1) is 0 Å². The molecule has 0 amide bonds. The van der Waals surface area contributed by atoms with Gasteiger partial charge in [-0.15, -0.1) is 0 Å². The van der Waals surface area contributed by atoms with Crippen LogP contribution in [0.1, 0.15) is 11.6 Å². The van der Waals surface area contributed by atoms with Crippen molar-refractivity contribution in [2.45, 2.75) is 6.04 Å². The first kappa shape index (κ1) is 12.5. The maximum absolute atomic E-state index is 6.16. The van der Waals surface area contributed by atoms with Crippen LogP contribution in [0.2, 0.25) is 5.02 Å². The molecule has 0 aliphatic carbocycles.